The van der Waals surface area contributed by atoms with Crippen LogP contribution < -0.4 is 5.73 Å². The van der Waals surface area contributed by atoms with Crippen molar-refractivity contribution in [1.29, 1.82) is 0 Å². The Morgan fingerprint density at radius 2 is 1.63 bits per heavy atom. The Hall–Kier alpha value is -0.990. The highest BCUT2D eigenvalue weighted by molar-refractivity contribution is 7.93. The first-order valence-electron chi connectivity index (χ1n) is 5.48. The monoisotopic (exact) mass is 307 g/mol. The third-order valence-electron chi connectivity index (χ3n) is 3.14. The lowest BCUT2D eigenvalue weighted by Gasteiger charge is -2.14. The average Bonchev–Trinajstić information content (AvgIpc) is 2.93. The number of halogens is 1. The molecule has 0 heterocycles. The highest BCUT2D eigenvalue weighted by Crippen LogP contribution is 2.44. The summed E-state index contributed by atoms with van der Waals surface area (Å²) in [5.74, 6) is -1.07. The predicted octanol–water partition coefficient (Wildman–Crippen LogP) is 0.580. The summed E-state index contributed by atoms with van der Waals surface area (Å²) < 4.78 is 60.5. The Morgan fingerprint density at radius 3 is 2.00 bits per heavy atom. The van der Waals surface area contributed by atoms with Gasteiger partial charge in [-0.1, -0.05) is 0 Å². The molecule has 0 aromatic heterocycles. The van der Waals surface area contributed by atoms with Crippen LogP contribution in [0.4, 0.5) is 4.39 Å². The fourth-order valence-corrected chi connectivity index (χ4v) is 4.44. The van der Waals surface area contributed by atoms with E-state index in [2.05, 4.69) is 0 Å². The normalized spacial score (nSPS) is 18.3. The molecule has 106 valence electrons. The Kier molecular flexibility index (Phi) is 3.04. The van der Waals surface area contributed by atoms with Crippen molar-refractivity contribution in [3.05, 3.63) is 23.5 Å². The second-order valence-electron chi connectivity index (χ2n) is 4.99. The molecule has 0 atom stereocenters. The van der Waals surface area contributed by atoms with E-state index in [1.54, 1.807) is 0 Å². The standard InChI is InChI=1S/C11H14FNO4S2/c1-18(14,15)9-6-7(11(13)3-4-11)5-8(12)10(9)19(2,16)17/h5-6H,3-4,13H2,1-2H3. The van der Waals surface area contributed by atoms with E-state index in [1.807, 2.05) is 0 Å². The Bertz CT molecular complexity index is 749. The van der Waals surface area contributed by atoms with Gasteiger partial charge in [-0.2, -0.15) is 0 Å². The van der Waals surface area contributed by atoms with Gasteiger partial charge in [0.15, 0.2) is 19.7 Å². The second-order valence-corrected chi connectivity index (χ2v) is 8.92. The van der Waals surface area contributed by atoms with Crippen LogP contribution >= 0.6 is 0 Å². The highest BCUT2D eigenvalue weighted by Gasteiger charge is 2.42. The Balaban J connectivity index is 2.83. The van der Waals surface area contributed by atoms with E-state index >= 15 is 0 Å². The van der Waals surface area contributed by atoms with Crippen LogP contribution in [0.25, 0.3) is 0 Å². The van der Waals surface area contributed by atoms with Gasteiger partial charge in [0.2, 0.25) is 0 Å². The van der Waals surface area contributed by atoms with Gasteiger partial charge in [-0.05, 0) is 30.5 Å². The van der Waals surface area contributed by atoms with Gasteiger partial charge < -0.3 is 5.73 Å². The van der Waals surface area contributed by atoms with E-state index in [0.29, 0.717) is 18.4 Å². The van der Waals surface area contributed by atoms with Crippen molar-refractivity contribution in [2.75, 3.05) is 12.5 Å². The number of sulfone groups is 2. The van der Waals surface area contributed by atoms with E-state index < -0.39 is 40.8 Å². The summed E-state index contributed by atoms with van der Waals surface area (Å²) in [6.07, 6.45) is 2.85. The molecule has 8 heteroatoms. The minimum atomic E-state index is -3.98. The van der Waals surface area contributed by atoms with Crippen LogP contribution in [0, 0.1) is 5.82 Å². The second kappa shape index (κ2) is 4.00. The first-order valence-corrected chi connectivity index (χ1v) is 9.26. The molecule has 1 aliphatic carbocycles. The van der Waals surface area contributed by atoms with Crippen LogP contribution in [0.1, 0.15) is 18.4 Å². The summed E-state index contributed by atoms with van der Waals surface area (Å²) in [6.45, 7) is 0. The zero-order chi connectivity index (χ0) is 14.6. The molecule has 1 aliphatic rings. The molecular weight excluding hydrogens is 293 g/mol. The van der Waals surface area contributed by atoms with Crippen molar-refractivity contribution in [3.8, 4) is 0 Å². The molecule has 2 N–H and O–H groups in total. The zero-order valence-corrected chi connectivity index (χ0v) is 12.1. The van der Waals surface area contributed by atoms with E-state index in [1.165, 1.54) is 6.07 Å². The quantitative estimate of drug-likeness (QED) is 0.881. The molecule has 1 fully saturated rings. The molecule has 0 radical (unpaired) electrons. The fourth-order valence-electron chi connectivity index (χ4n) is 1.91. The van der Waals surface area contributed by atoms with Crippen molar-refractivity contribution in [3.63, 3.8) is 0 Å². The third kappa shape index (κ3) is 2.65. The topological polar surface area (TPSA) is 94.3 Å². The van der Waals surface area contributed by atoms with Gasteiger partial charge in [0.1, 0.15) is 10.7 Å². The van der Waals surface area contributed by atoms with E-state index in [-0.39, 0.29) is 0 Å². The number of hydrogen-bond donors (Lipinski definition) is 1. The van der Waals surface area contributed by atoms with Gasteiger partial charge in [-0.25, -0.2) is 21.2 Å². The van der Waals surface area contributed by atoms with Gasteiger partial charge in [-0.15, -0.1) is 0 Å². The first-order chi connectivity index (χ1) is 8.45. The molecule has 0 amide bonds. The lowest BCUT2D eigenvalue weighted by Crippen LogP contribution is -2.21. The lowest BCUT2D eigenvalue weighted by atomic mass is 10.1. The van der Waals surface area contributed by atoms with Crippen LogP contribution in [0.3, 0.4) is 0 Å². The van der Waals surface area contributed by atoms with Crippen molar-refractivity contribution in [2.24, 2.45) is 5.73 Å². The van der Waals surface area contributed by atoms with Gasteiger partial charge >= 0.3 is 0 Å². The maximum absolute atomic E-state index is 14.0. The van der Waals surface area contributed by atoms with Crippen LogP contribution in [0.5, 0.6) is 0 Å². The highest BCUT2D eigenvalue weighted by atomic mass is 32.2. The molecular formula is C11H14FNO4S2. The van der Waals surface area contributed by atoms with Crippen molar-refractivity contribution in [1.82, 2.24) is 0 Å². The van der Waals surface area contributed by atoms with Gasteiger partial charge in [-0.3, -0.25) is 0 Å². The summed E-state index contributed by atoms with van der Waals surface area (Å²) in [5.41, 5.74) is 5.47. The average molecular weight is 307 g/mol. The van der Waals surface area contributed by atoms with Crippen LogP contribution in [-0.4, -0.2) is 29.3 Å². The van der Waals surface area contributed by atoms with E-state index in [4.69, 9.17) is 5.73 Å². The SMILES string of the molecule is CS(=O)(=O)c1cc(C2(N)CC2)cc(F)c1S(C)(=O)=O. The number of rotatable bonds is 3. The zero-order valence-electron chi connectivity index (χ0n) is 10.5. The van der Waals surface area contributed by atoms with Crippen molar-refractivity contribution >= 4 is 19.7 Å². The Labute approximate surface area is 111 Å². The molecule has 1 saturated carbocycles. The molecule has 0 spiro atoms. The minimum absolute atomic E-state index is 0.317. The van der Waals surface area contributed by atoms with Crippen LogP contribution in [0.2, 0.25) is 0 Å². The fraction of sp³-hybridized carbons (Fsp3) is 0.455. The molecule has 0 aliphatic heterocycles. The van der Waals surface area contributed by atoms with Gasteiger partial charge in [0.05, 0.1) is 4.90 Å². The smallest absolute Gasteiger partial charge is 0.179 e. The summed E-state index contributed by atoms with van der Waals surface area (Å²) in [4.78, 5) is -1.32. The maximum Gasteiger partial charge on any atom is 0.179 e. The molecule has 0 bridgehead atoms. The maximum atomic E-state index is 14.0. The van der Waals surface area contributed by atoms with E-state index in [9.17, 15) is 21.2 Å². The summed E-state index contributed by atoms with van der Waals surface area (Å²) >= 11 is 0. The van der Waals surface area contributed by atoms with Crippen molar-refractivity contribution in [2.45, 2.75) is 28.2 Å². The number of benzene rings is 1. The summed E-state index contributed by atoms with van der Waals surface area (Å²) in [5, 5.41) is 0. The van der Waals surface area contributed by atoms with Crippen molar-refractivity contribution < 1.29 is 21.2 Å². The molecule has 5 nitrogen and oxygen atoms in total. The Morgan fingerprint density at radius 1 is 1.11 bits per heavy atom. The summed E-state index contributed by atoms with van der Waals surface area (Å²) in [7, 11) is -7.85. The molecule has 2 rings (SSSR count). The van der Waals surface area contributed by atoms with E-state index in [0.717, 1.165) is 18.6 Å². The minimum Gasteiger partial charge on any atom is -0.321 e. The number of hydrogen-bond acceptors (Lipinski definition) is 5. The predicted molar refractivity (Wildman–Crippen MR) is 67.7 cm³/mol. The van der Waals surface area contributed by atoms with Crippen LogP contribution in [0.15, 0.2) is 21.9 Å². The van der Waals surface area contributed by atoms with Gasteiger partial charge in [0.25, 0.3) is 0 Å². The molecule has 1 aromatic carbocycles. The largest absolute Gasteiger partial charge is 0.321 e. The molecule has 0 saturated heterocycles. The third-order valence-corrected chi connectivity index (χ3v) is 5.55. The first kappa shape index (κ1) is 14.4. The number of nitrogens with two attached hydrogens (primary N) is 1. The summed E-state index contributed by atoms with van der Waals surface area (Å²) in [6, 6.07) is 2.18. The van der Waals surface area contributed by atoms with Crippen LogP contribution in [-0.2, 0) is 25.2 Å². The molecule has 19 heavy (non-hydrogen) atoms. The van der Waals surface area contributed by atoms with Gasteiger partial charge in [0, 0.05) is 18.1 Å². The lowest BCUT2D eigenvalue weighted by molar-refractivity contribution is 0.549. The molecule has 0 unspecified atom stereocenters. The molecule has 1 aromatic rings.